The Bertz CT molecular complexity index is 425. The van der Waals surface area contributed by atoms with Crippen LogP contribution >= 0.6 is 0 Å². The van der Waals surface area contributed by atoms with Crippen LogP contribution in [0.5, 0.6) is 0 Å². The summed E-state index contributed by atoms with van der Waals surface area (Å²) in [6.45, 7) is 0.493. The topological polar surface area (TPSA) is 30.8 Å². The third-order valence-corrected chi connectivity index (χ3v) is 2.72. The van der Waals surface area contributed by atoms with E-state index in [1.54, 1.807) is 6.07 Å². The van der Waals surface area contributed by atoms with Crippen molar-refractivity contribution >= 4 is 5.71 Å². The second kappa shape index (κ2) is 6.06. The van der Waals surface area contributed by atoms with Gasteiger partial charge in [-0.05, 0) is 12.8 Å². The Kier molecular flexibility index (Phi) is 4.42. The van der Waals surface area contributed by atoms with E-state index in [1.165, 1.54) is 24.3 Å². The fraction of sp³-hybridized carbons (Fsp3) is 0.462. The molecular formula is C13H14F3NO2. The van der Waals surface area contributed by atoms with Gasteiger partial charge in [0.1, 0.15) is 0 Å². The van der Waals surface area contributed by atoms with Crippen LogP contribution in [-0.4, -0.2) is 24.8 Å². The molecule has 19 heavy (non-hydrogen) atoms. The molecule has 0 spiro atoms. The molecule has 0 N–H and O–H groups in total. The summed E-state index contributed by atoms with van der Waals surface area (Å²) in [6, 6.07) is 7.37. The number of alkyl halides is 3. The molecule has 0 radical (unpaired) electrons. The van der Waals surface area contributed by atoms with E-state index in [0.29, 0.717) is 13.0 Å². The third-order valence-electron chi connectivity index (χ3n) is 2.72. The first-order chi connectivity index (χ1) is 9.07. The first-order valence-electron chi connectivity index (χ1n) is 6.05. The summed E-state index contributed by atoms with van der Waals surface area (Å²) in [4.78, 5) is 4.87. The lowest BCUT2D eigenvalue weighted by Crippen LogP contribution is -2.27. The maximum absolute atomic E-state index is 12.9. The predicted octanol–water partition coefficient (Wildman–Crippen LogP) is 3.50. The van der Waals surface area contributed by atoms with Gasteiger partial charge < -0.3 is 9.57 Å². The molecule has 1 heterocycles. The maximum Gasteiger partial charge on any atom is 0.437 e. The molecule has 0 bridgehead atoms. The maximum atomic E-state index is 12.9. The van der Waals surface area contributed by atoms with Crippen LogP contribution in [0.2, 0.25) is 0 Å². The first kappa shape index (κ1) is 13.9. The fourth-order valence-corrected chi connectivity index (χ4v) is 1.77. The Labute approximate surface area is 109 Å². The van der Waals surface area contributed by atoms with Gasteiger partial charge in [0, 0.05) is 12.0 Å². The van der Waals surface area contributed by atoms with Gasteiger partial charge in [0.15, 0.2) is 5.71 Å². The number of benzene rings is 1. The van der Waals surface area contributed by atoms with Crippen molar-refractivity contribution in [2.45, 2.75) is 31.7 Å². The Hall–Kier alpha value is -1.56. The molecule has 1 saturated heterocycles. The summed E-state index contributed by atoms with van der Waals surface area (Å²) >= 11 is 0. The van der Waals surface area contributed by atoms with Crippen LogP contribution in [-0.2, 0) is 9.57 Å². The highest BCUT2D eigenvalue weighted by atomic mass is 19.4. The summed E-state index contributed by atoms with van der Waals surface area (Å²) in [5.41, 5.74) is -1.06. The monoisotopic (exact) mass is 273 g/mol. The largest absolute Gasteiger partial charge is 0.437 e. The number of ether oxygens (including phenoxy) is 1. The van der Waals surface area contributed by atoms with Gasteiger partial charge in [-0.1, -0.05) is 35.5 Å². The van der Waals surface area contributed by atoms with Gasteiger partial charge in [0.2, 0.25) is 6.29 Å². The van der Waals surface area contributed by atoms with Gasteiger partial charge in [-0.3, -0.25) is 0 Å². The Morgan fingerprint density at radius 3 is 2.53 bits per heavy atom. The summed E-state index contributed by atoms with van der Waals surface area (Å²) < 4.78 is 43.9. The quantitative estimate of drug-likeness (QED) is 0.623. The molecule has 0 saturated carbocycles. The standard InChI is InChI=1S/C13H14F3NO2/c14-13(15,16)12(10-6-2-1-3-7-10)17-19-11-8-4-5-9-18-11/h1-3,6-7,11H,4-5,8-9H2/b17-12-. The Morgan fingerprint density at radius 1 is 1.21 bits per heavy atom. The van der Waals surface area contributed by atoms with Crippen molar-refractivity contribution in [3.63, 3.8) is 0 Å². The smallest absolute Gasteiger partial charge is 0.363 e. The van der Waals surface area contributed by atoms with Crippen LogP contribution in [0.1, 0.15) is 24.8 Å². The molecule has 1 aliphatic heterocycles. The van der Waals surface area contributed by atoms with E-state index in [-0.39, 0.29) is 5.56 Å². The van der Waals surface area contributed by atoms with E-state index in [0.717, 1.165) is 12.8 Å². The minimum Gasteiger partial charge on any atom is -0.363 e. The van der Waals surface area contributed by atoms with Crippen molar-refractivity contribution in [1.29, 1.82) is 0 Å². The van der Waals surface area contributed by atoms with Crippen molar-refractivity contribution in [3.8, 4) is 0 Å². The average molecular weight is 273 g/mol. The SMILES string of the molecule is FC(F)(F)/C(=N\OC1CCCCO1)c1ccccc1. The molecule has 104 valence electrons. The van der Waals surface area contributed by atoms with E-state index in [2.05, 4.69) is 5.16 Å². The molecule has 1 atom stereocenters. The van der Waals surface area contributed by atoms with Crippen LogP contribution in [0.25, 0.3) is 0 Å². The van der Waals surface area contributed by atoms with Gasteiger partial charge in [0.05, 0.1) is 6.61 Å². The van der Waals surface area contributed by atoms with Gasteiger partial charge >= 0.3 is 6.18 Å². The molecule has 1 aromatic rings. The zero-order valence-corrected chi connectivity index (χ0v) is 10.2. The van der Waals surface area contributed by atoms with Crippen molar-refractivity contribution < 1.29 is 22.7 Å². The molecule has 1 unspecified atom stereocenters. The van der Waals surface area contributed by atoms with Crippen LogP contribution in [0.4, 0.5) is 13.2 Å². The van der Waals surface area contributed by atoms with E-state index in [1.807, 2.05) is 0 Å². The minimum atomic E-state index is -4.56. The second-order valence-electron chi connectivity index (χ2n) is 4.21. The molecule has 1 fully saturated rings. The van der Waals surface area contributed by atoms with E-state index in [4.69, 9.17) is 9.57 Å². The molecule has 0 amide bonds. The van der Waals surface area contributed by atoms with Gasteiger partial charge in [-0.2, -0.15) is 13.2 Å². The first-order valence-corrected chi connectivity index (χ1v) is 6.05. The minimum absolute atomic E-state index is 0.0224. The molecule has 0 aromatic heterocycles. The Morgan fingerprint density at radius 2 is 1.95 bits per heavy atom. The predicted molar refractivity (Wildman–Crippen MR) is 63.7 cm³/mol. The third kappa shape index (κ3) is 3.96. The fourth-order valence-electron chi connectivity index (χ4n) is 1.77. The number of hydrogen-bond donors (Lipinski definition) is 0. The molecule has 1 aromatic carbocycles. The lowest BCUT2D eigenvalue weighted by molar-refractivity contribution is -0.164. The highest BCUT2D eigenvalue weighted by Gasteiger charge is 2.38. The van der Waals surface area contributed by atoms with E-state index < -0.39 is 18.2 Å². The zero-order chi connectivity index (χ0) is 13.7. The average Bonchev–Trinajstić information content (AvgIpc) is 2.40. The van der Waals surface area contributed by atoms with Crippen LogP contribution in [0.15, 0.2) is 35.5 Å². The molecule has 2 rings (SSSR count). The molecule has 6 heteroatoms. The van der Waals surface area contributed by atoms with Crippen molar-refractivity contribution in [2.75, 3.05) is 6.61 Å². The highest BCUT2D eigenvalue weighted by Crippen LogP contribution is 2.23. The van der Waals surface area contributed by atoms with Gasteiger partial charge in [0.25, 0.3) is 0 Å². The number of nitrogens with zero attached hydrogens (tertiary/aromatic N) is 1. The van der Waals surface area contributed by atoms with Crippen molar-refractivity contribution in [1.82, 2.24) is 0 Å². The van der Waals surface area contributed by atoms with E-state index in [9.17, 15) is 13.2 Å². The number of rotatable bonds is 3. The summed E-state index contributed by atoms with van der Waals surface area (Å²) in [6.07, 6.45) is -2.92. The van der Waals surface area contributed by atoms with Crippen LogP contribution in [0.3, 0.4) is 0 Å². The highest BCUT2D eigenvalue weighted by molar-refractivity contribution is 6.04. The van der Waals surface area contributed by atoms with Crippen molar-refractivity contribution in [3.05, 3.63) is 35.9 Å². The van der Waals surface area contributed by atoms with Crippen LogP contribution < -0.4 is 0 Å². The number of halogens is 3. The summed E-state index contributed by atoms with van der Waals surface area (Å²) in [7, 11) is 0. The lowest BCUT2D eigenvalue weighted by Gasteiger charge is -2.21. The number of hydrogen-bond acceptors (Lipinski definition) is 3. The van der Waals surface area contributed by atoms with Gasteiger partial charge in [-0.25, -0.2) is 0 Å². The Balaban J connectivity index is 2.14. The molecule has 0 aliphatic carbocycles. The van der Waals surface area contributed by atoms with E-state index >= 15 is 0 Å². The van der Waals surface area contributed by atoms with Crippen molar-refractivity contribution in [2.24, 2.45) is 5.16 Å². The summed E-state index contributed by atoms with van der Waals surface area (Å²) in [5, 5.41) is 3.26. The molecule has 3 nitrogen and oxygen atoms in total. The molecule has 1 aliphatic rings. The lowest BCUT2D eigenvalue weighted by atomic mass is 10.1. The molecular weight excluding hydrogens is 259 g/mol. The normalized spacial score (nSPS) is 21.2. The summed E-state index contributed by atoms with van der Waals surface area (Å²) in [5.74, 6) is 0. The second-order valence-corrected chi connectivity index (χ2v) is 4.21. The van der Waals surface area contributed by atoms with Gasteiger partial charge in [-0.15, -0.1) is 0 Å². The number of oxime groups is 1. The zero-order valence-electron chi connectivity index (χ0n) is 10.2. The van der Waals surface area contributed by atoms with Crippen LogP contribution in [0, 0.1) is 0 Å².